The molecule has 0 heterocycles. The van der Waals surface area contributed by atoms with Crippen molar-refractivity contribution in [3.8, 4) is 0 Å². The van der Waals surface area contributed by atoms with Crippen LogP contribution in [0.4, 0.5) is 18.9 Å². The van der Waals surface area contributed by atoms with Gasteiger partial charge in [0.1, 0.15) is 0 Å². The molecule has 1 nitrogen and oxygen atoms in total. The summed E-state index contributed by atoms with van der Waals surface area (Å²) in [6, 6.07) is 13.0. The highest BCUT2D eigenvalue weighted by Gasteiger charge is 2.34. The van der Waals surface area contributed by atoms with Gasteiger partial charge in [-0.1, -0.05) is 37.3 Å². The Morgan fingerprint density at radius 1 is 1.00 bits per heavy atom. The predicted molar refractivity (Wildman–Crippen MR) is 79.3 cm³/mol. The average Bonchev–Trinajstić information content (AvgIpc) is 2.47. The molecule has 2 rings (SSSR count). The smallest absolute Gasteiger partial charge is 0.379 e. The number of benzene rings is 2. The molecular formula is C17H18F3N. The minimum absolute atomic E-state index is 0.254. The molecule has 0 amide bonds. The fraction of sp³-hybridized carbons (Fsp3) is 0.294. The second kappa shape index (κ2) is 6.20. The molecule has 1 N–H and O–H groups in total. The molecule has 112 valence electrons. The summed E-state index contributed by atoms with van der Waals surface area (Å²) in [5.74, 6) is 0. The molecule has 0 bridgehead atoms. The first-order valence-corrected chi connectivity index (χ1v) is 6.93. The quantitative estimate of drug-likeness (QED) is 0.791. The van der Waals surface area contributed by atoms with Crippen molar-refractivity contribution in [2.45, 2.75) is 32.5 Å². The normalized spacial score (nSPS) is 13.0. The molecule has 0 aliphatic rings. The van der Waals surface area contributed by atoms with Gasteiger partial charge in [0.05, 0.1) is 5.56 Å². The summed E-state index contributed by atoms with van der Waals surface area (Å²) in [7, 11) is 0. The van der Waals surface area contributed by atoms with E-state index in [0.29, 0.717) is 0 Å². The molecule has 4 heteroatoms. The van der Waals surface area contributed by atoms with E-state index in [2.05, 4.69) is 12.2 Å². The van der Waals surface area contributed by atoms with E-state index in [1.54, 1.807) is 13.0 Å². The number of hydrogen-bond donors (Lipinski definition) is 1. The maximum Gasteiger partial charge on any atom is 0.416 e. The summed E-state index contributed by atoms with van der Waals surface area (Å²) in [4.78, 5) is 0. The number of aryl methyl sites for hydroxylation is 1. The van der Waals surface area contributed by atoms with Crippen molar-refractivity contribution < 1.29 is 13.2 Å². The number of alkyl halides is 3. The highest BCUT2D eigenvalue weighted by molar-refractivity contribution is 5.47. The molecule has 21 heavy (non-hydrogen) atoms. The fourth-order valence-electron chi connectivity index (χ4n) is 2.30. The molecule has 2 aromatic carbocycles. The van der Waals surface area contributed by atoms with Gasteiger partial charge in [0.15, 0.2) is 0 Å². The summed E-state index contributed by atoms with van der Waals surface area (Å²) in [5.41, 5.74) is 1.68. The van der Waals surface area contributed by atoms with Crippen molar-refractivity contribution in [3.05, 3.63) is 65.2 Å². The lowest BCUT2D eigenvalue weighted by Gasteiger charge is -2.20. The Hall–Kier alpha value is -1.97. The minimum atomic E-state index is -4.33. The zero-order chi connectivity index (χ0) is 15.5. The maximum atomic E-state index is 13.0. The van der Waals surface area contributed by atoms with Crippen LogP contribution in [0.15, 0.2) is 48.5 Å². The second-order valence-electron chi connectivity index (χ2n) is 5.00. The van der Waals surface area contributed by atoms with Crippen LogP contribution >= 0.6 is 0 Å². The van der Waals surface area contributed by atoms with Gasteiger partial charge < -0.3 is 5.32 Å². The first-order valence-electron chi connectivity index (χ1n) is 6.93. The molecule has 0 aliphatic heterocycles. The molecule has 0 fully saturated rings. The highest BCUT2D eigenvalue weighted by atomic mass is 19.4. The first kappa shape index (κ1) is 15.4. The van der Waals surface area contributed by atoms with Crippen LogP contribution in [0.5, 0.6) is 0 Å². The Bertz CT molecular complexity index is 588. The van der Waals surface area contributed by atoms with E-state index in [-0.39, 0.29) is 5.56 Å². The van der Waals surface area contributed by atoms with Gasteiger partial charge in [-0.15, -0.1) is 0 Å². The third kappa shape index (κ3) is 3.78. The lowest BCUT2D eigenvalue weighted by molar-refractivity contribution is -0.138. The third-order valence-corrected chi connectivity index (χ3v) is 3.48. The van der Waals surface area contributed by atoms with E-state index in [4.69, 9.17) is 0 Å². The van der Waals surface area contributed by atoms with E-state index in [9.17, 15) is 13.2 Å². The van der Waals surface area contributed by atoms with Crippen LogP contribution < -0.4 is 5.32 Å². The molecule has 1 unspecified atom stereocenters. The number of anilines is 1. The zero-order valence-electron chi connectivity index (χ0n) is 12.0. The topological polar surface area (TPSA) is 12.0 Å². The molecule has 0 aromatic heterocycles. The summed E-state index contributed by atoms with van der Waals surface area (Å²) in [6.07, 6.45) is -3.40. The molecule has 2 aromatic rings. The Morgan fingerprint density at radius 3 is 2.19 bits per heavy atom. The van der Waals surface area contributed by atoms with Crippen molar-refractivity contribution >= 4 is 5.69 Å². The van der Waals surface area contributed by atoms with E-state index in [1.165, 1.54) is 17.7 Å². The Morgan fingerprint density at radius 2 is 1.62 bits per heavy atom. The summed E-state index contributed by atoms with van der Waals surface area (Å²) in [5, 5.41) is 3.12. The lowest BCUT2D eigenvalue weighted by atomic mass is 10.0. The van der Waals surface area contributed by atoms with Crippen LogP contribution in [0, 0.1) is 0 Å². The largest absolute Gasteiger partial charge is 0.416 e. The summed E-state index contributed by atoms with van der Waals surface area (Å²) >= 11 is 0. The molecule has 0 aliphatic carbocycles. The highest BCUT2D eigenvalue weighted by Crippen LogP contribution is 2.35. The Kier molecular flexibility index (Phi) is 4.56. The number of halogens is 3. The van der Waals surface area contributed by atoms with Gasteiger partial charge in [-0.3, -0.25) is 0 Å². The van der Waals surface area contributed by atoms with E-state index in [0.717, 1.165) is 18.2 Å². The van der Waals surface area contributed by atoms with Crippen molar-refractivity contribution in [2.24, 2.45) is 0 Å². The number of rotatable bonds is 4. The van der Waals surface area contributed by atoms with Crippen molar-refractivity contribution in [1.82, 2.24) is 0 Å². The van der Waals surface area contributed by atoms with Crippen molar-refractivity contribution in [2.75, 3.05) is 5.32 Å². The van der Waals surface area contributed by atoms with E-state index < -0.39 is 17.8 Å². The summed E-state index contributed by atoms with van der Waals surface area (Å²) in [6.45, 7) is 3.79. The van der Waals surface area contributed by atoms with Crippen LogP contribution in [-0.4, -0.2) is 0 Å². The van der Waals surface area contributed by atoms with Crippen LogP contribution in [0.2, 0.25) is 0 Å². The van der Waals surface area contributed by atoms with Gasteiger partial charge >= 0.3 is 6.18 Å². The average molecular weight is 293 g/mol. The van der Waals surface area contributed by atoms with Gasteiger partial charge in [0.25, 0.3) is 0 Å². The van der Waals surface area contributed by atoms with Crippen LogP contribution in [0.1, 0.15) is 36.6 Å². The van der Waals surface area contributed by atoms with Gasteiger partial charge in [-0.05, 0) is 42.7 Å². The van der Waals surface area contributed by atoms with E-state index in [1.807, 2.05) is 24.3 Å². The third-order valence-electron chi connectivity index (χ3n) is 3.48. The molecule has 0 radical (unpaired) electrons. The van der Waals surface area contributed by atoms with Gasteiger partial charge in [-0.25, -0.2) is 0 Å². The van der Waals surface area contributed by atoms with Crippen LogP contribution in [0.25, 0.3) is 0 Å². The zero-order valence-corrected chi connectivity index (χ0v) is 12.0. The molecule has 1 atom stereocenters. The molecule has 0 spiro atoms. The second-order valence-corrected chi connectivity index (χ2v) is 5.00. The molecular weight excluding hydrogens is 275 g/mol. The van der Waals surface area contributed by atoms with Crippen LogP contribution in [-0.2, 0) is 12.6 Å². The van der Waals surface area contributed by atoms with Gasteiger partial charge in [0, 0.05) is 11.7 Å². The van der Waals surface area contributed by atoms with Crippen molar-refractivity contribution in [3.63, 3.8) is 0 Å². The van der Waals surface area contributed by atoms with Crippen LogP contribution in [0.3, 0.4) is 0 Å². The molecule has 0 saturated carbocycles. The maximum absolute atomic E-state index is 13.0. The van der Waals surface area contributed by atoms with Crippen molar-refractivity contribution in [1.29, 1.82) is 0 Å². The van der Waals surface area contributed by atoms with E-state index >= 15 is 0 Å². The predicted octanol–water partition coefficient (Wildman–Crippen LogP) is 5.44. The van der Waals surface area contributed by atoms with Gasteiger partial charge in [-0.2, -0.15) is 13.2 Å². The fourth-order valence-corrected chi connectivity index (χ4v) is 2.30. The lowest BCUT2D eigenvalue weighted by Crippen LogP contribution is -2.15. The number of nitrogens with one attached hydrogen (secondary N) is 1. The standard InChI is InChI=1S/C17H18F3N/c1-3-13-8-10-14(11-9-13)21-12(2)15-6-4-5-7-16(15)17(18,19)20/h4-12,21H,3H2,1-2H3. The Balaban J connectivity index is 2.22. The monoisotopic (exact) mass is 293 g/mol. The summed E-state index contributed by atoms with van der Waals surface area (Å²) < 4.78 is 39.1. The minimum Gasteiger partial charge on any atom is -0.379 e. The molecule has 0 saturated heterocycles. The first-order chi connectivity index (χ1) is 9.91. The number of hydrogen-bond acceptors (Lipinski definition) is 1. The van der Waals surface area contributed by atoms with Gasteiger partial charge in [0.2, 0.25) is 0 Å². The Labute approximate surface area is 122 Å². The SMILES string of the molecule is CCc1ccc(NC(C)c2ccccc2C(F)(F)F)cc1.